The Balaban J connectivity index is 3.61. The fraction of sp³-hybridized carbons (Fsp3) is 1.00. The lowest BCUT2D eigenvalue weighted by Crippen LogP contribution is -1.81. The van der Waals surface area contributed by atoms with E-state index in [1.54, 1.807) is 0 Å². The zero-order valence-electron chi connectivity index (χ0n) is 4.35. The Morgan fingerprint density at radius 2 is 2.29 bits per heavy atom. The van der Waals surface area contributed by atoms with Gasteiger partial charge in [-0.1, -0.05) is 0 Å². The lowest BCUT2D eigenvalue weighted by Gasteiger charge is -2.01. The van der Waals surface area contributed by atoms with Crippen LogP contribution in [0.1, 0.15) is 0 Å². The van der Waals surface area contributed by atoms with Crippen LogP contribution in [0.25, 0.3) is 0 Å². The van der Waals surface area contributed by atoms with Crippen LogP contribution < -0.4 is 0 Å². The molecule has 0 aromatic heterocycles. The van der Waals surface area contributed by atoms with Crippen molar-refractivity contribution in [2.45, 2.75) is 0 Å². The first kappa shape index (κ1) is 7.12. The fourth-order valence-corrected chi connectivity index (χ4v) is 0.146. The molecule has 0 aliphatic heterocycles. The van der Waals surface area contributed by atoms with Crippen LogP contribution in [0, 0.1) is 0 Å². The largest absolute Gasteiger partial charge is 0.330 e. The molecule has 2 nitrogen and oxygen atoms in total. The average molecular weight is 126 g/mol. The zero-order valence-corrected chi connectivity index (χ0v) is 5.24. The maximum absolute atomic E-state index is 11.4. The van der Waals surface area contributed by atoms with Crippen molar-refractivity contribution in [3.05, 3.63) is 0 Å². The number of halogens is 1. The minimum atomic E-state index is -2.82. The van der Waals surface area contributed by atoms with Gasteiger partial charge < -0.3 is 4.52 Å². The third-order valence-corrected chi connectivity index (χ3v) is 1.81. The Hall–Kier alpha value is 0.120. The van der Waals surface area contributed by atoms with Gasteiger partial charge in [0.15, 0.2) is 6.42 Å². The van der Waals surface area contributed by atoms with Gasteiger partial charge in [-0.25, -0.2) is 4.39 Å². The summed E-state index contributed by atoms with van der Waals surface area (Å²) in [5.41, 5.74) is 0. The summed E-state index contributed by atoms with van der Waals surface area (Å²) < 4.78 is 26.0. The molecule has 44 valence electrons. The number of alkyl halides is 1. The average Bonchev–Trinajstić information content (AvgIpc) is 1.68. The van der Waals surface area contributed by atoms with Crippen LogP contribution in [0.3, 0.4) is 0 Å². The van der Waals surface area contributed by atoms with Crippen molar-refractivity contribution >= 4 is 7.37 Å². The monoisotopic (exact) mass is 126 g/mol. The molecular weight excluding hydrogens is 118 g/mol. The summed E-state index contributed by atoms with van der Waals surface area (Å²) in [4.78, 5) is 0. The summed E-state index contributed by atoms with van der Waals surface area (Å²) >= 11 is 0. The van der Waals surface area contributed by atoms with Gasteiger partial charge >= 0.3 is 0 Å². The molecule has 0 aromatic rings. The second-order valence-corrected chi connectivity index (χ2v) is 3.95. The van der Waals surface area contributed by atoms with Crippen LogP contribution in [0.4, 0.5) is 4.39 Å². The maximum atomic E-state index is 11.4. The lowest BCUT2D eigenvalue weighted by atomic mass is 11.8. The van der Waals surface area contributed by atoms with E-state index in [-0.39, 0.29) is 0 Å². The second-order valence-electron chi connectivity index (χ2n) is 1.32. The van der Waals surface area contributed by atoms with Crippen molar-refractivity contribution in [1.29, 1.82) is 0 Å². The highest BCUT2D eigenvalue weighted by Crippen LogP contribution is 2.40. The third kappa shape index (κ3) is 2.77. The van der Waals surface area contributed by atoms with Crippen LogP contribution in [0.2, 0.25) is 0 Å². The first-order chi connectivity index (χ1) is 3.12. The molecule has 0 saturated heterocycles. The van der Waals surface area contributed by atoms with Crippen LogP contribution in [0.15, 0.2) is 0 Å². The van der Waals surface area contributed by atoms with E-state index in [9.17, 15) is 8.96 Å². The van der Waals surface area contributed by atoms with Gasteiger partial charge in [0.05, 0.1) is 0 Å². The standard InChI is InChI=1S/C3H8FO2P/c1-6-7(2,5)3-4/h3H2,1-2H3. The molecule has 0 fully saturated rings. The molecule has 0 rings (SSSR count). The zero-order chi connectivity index (χ0) is 5.91. The maximum Gasteiger partial charge on any atom is 0.230 e. The Labute approximate surface area is 42.1 Å². The smallest absolute Gasteiger partial charge is 0.230 e. The highest BCUT2D eigenvalue weighted by atomic mass is 31.2. The number of hydrogen-bond donors (Lipinski definition) is 0. The molecule has 0 radical (unpaired) electrons. The summed E-state index contributed by atoms with van der Waals surface area (Å²) in [5.74, 6) is 0. The van der Waals surface area contributed by atoms with E-state index in [4.69, 9.17) is 0 Å². The lowest BCUT2D eigenvalue weighted by molar-refractivity contribution is 0.379. The van der Waals surface area contributed by atoms with Gasteiger partial charge in [0.1, 0.15) is 0 Å². The van der Waals surface area contributed by atoms with Crippen molar-refractivity contribution in [2.75, 3.05) is 20.2 Å². The first-order valence-corrected chi connectivity index (χ1v) is 4.06. The molecule has 7 heavy (non-hydrogen) atoms. The van der Waals surface area contributed by atoms with Crippen molar-refractivity contribution in [3.63, 3.8) is 0 Å². The van der Waals surface area contributed by atoms with Crippen LogP contribution in [-0.4, -0.2) is 20.2 Å². The van der Waals surface area contributed by atoms with Crippen LogP contribution in [0.5, 0.6) is 0 Å². The molecule has 0 saturated carbocycles. The minimum Gasteiger partial charge on any atom is -0.330 e. The highest BCUT2D eigenvalue weighted by Gasteiger charge is 2.10. The summed E-state index contributed by atoms with van der Waals surface area (Å²) in [6.07, 6.45) is -0.872. The van der Waals surface area contributed by atoms with E-state index in [0.717, 1.165) is 0 Å². The van der Waals surface area contributed by atoms with Crippen molar-refractivity contribution in [2.24, 2.45) is 0 Å². The Bertz CT molecular complexity index is 84.9. The predicted molar refractivity (Wildman–Crippen MR) is 26.5 cm³/mol. The van der Waals surface area contributed by atoms with Gasteiger partial charge in [0.2, 0.25) is 7.37 Å². The van der Waals surface area contributed by atoms with E-state index in [1.807, 2.05) is 0 Å². The normalized spacial score (nSPS) is 18.7. The van der Waals surface area contributed by atoms with E-state index >= 15 is 0 Å². The van der Waals surface area contributed by atoms with Crippen molar-refractivity contribution < 1.29 is 13.5 Å². The predicted octanol–water partition coefficient (Wildman–Crippen LogP) is 1.47. The first-order valence-electron chi connectivity index (χ1n) is 1.80. The van der Waals surface area contributed by atoms with Gasteiger partial charge in [-0.3, -0.25) is 4.57 Å². The molecule has 1 unspecified atom stereocenters. The van der Waals surface area contributed by atoms with E-state index in [0.29, 0.717) is 0 Å². The van der Waals surface area contributed by atoms with Crippen LogP contribution >= 0.6 is 7.37 Å². The van der Waals surface area contributed by atoms with Gasteiger partial charge in [-0.05, 0) is 0 Å². The summed E-state index contributed by atoms with van der Waals surface area (Å²) in [6, 6.07) is 0. The molecule has 0 aliphatic carbocycles. The van der Waals surface area contributed by atoms with Crippen molar-refractivity contribution in [3.8, 4) is 0 Å². The summed E-state index contributed by atoms with van der Waals surface area (Å²) in [5, 5.41) is 0. The van der Waals surface area contributed by atoms with Gasteiger partial charge in [0.25, 0.3) is 0 Å². The van der Waals surface area contributed by atoms with Gasteiger partial charge in [-0.2, -0.15) is 0 Å². The number of rotatable bonds is 2. The molecular formula is C3H8FO2P. The Morgan fingerprint density at radius 3 is 2.29 bits per heavy atom. The van der Waals surface area contributed by atoms with E-state index in [1.165, 1.54) is 13.8 Å². The highest BCUT2D eigenvalue weighted by molar-refractivity contribution is 7.57. The minimum absolute atomic E-state index is 0.872. The van der Waals surface area contributed by atoms with E-state index in [2.05, 4.69) is 4.52 Å². The molecule has 0 heterocycles. The molecule has 0 aromatic carbocycles. The van der Waals surface area contributed by atoms with Crippen LogP contribution in [-0.2, 0) is 9.09 Å². The molecule has 1 atom stereocenters. The topological polar surface area (TPSA) is 26.3 Å². The summed E-state index contributed by atoms with van der Waals surface area (Å²) in [7, 11) is -1.58. The molecule has 0 aliphatic rings. The molecule has 0 spiro atoms. The van der Waals surface area contributed by atoms with Gasteiger partial charge in [0, 0.05) is 13.8 Å². The molecule has 0 amide bonds. The van der Waals surface area contributed by atoms with Crippen molar-refractivity contribution in [1.82, 2.24) is 0 Å². The Kier molecular flexibility index (Phi) is 2.47. The van der Waals surface area contributed by atoms with Gasteiger partial charge in [-0.15, -0.1) is 0 Å². The van der Waals surface area contributed by atoms with E-state index < -0.39 is 13.8 Å². The molecule has 4 heteroatoms. The SMILES string of the molecule is COP(C)(=O)CF. The quantitative estimate of drug-likeness (QED) is 0.523. The molecule has 0 N–H and O–H groups in total. The Morgan fingerprint density at radius 1 is 1.86 bits per heavy atom. The fourth-order valence-electron chi connectivity index (χ4n) is 0.0488. The third-order valence-electron chi connectivity index (χ3n) is 0.603. The summed E-state index contributed by atoms with van der Waals surface area (Å²) in [6.45, 7) is 1.26. The second kappa shape index (κ2) is 2.43. The molecule has 0 bridgehead atoms. The number of hydrogen-bond acceptors (Lipinski definition) is 2.